The molecule has 2 nitrogen and oxygen atoms in total. The van der Waals surface area contributed by atoms with Gasteiger partial charge in [-0.3, -0.25) is 0 Å². The van der Waals surface area contributed by atoms with Crippen molar-refractivity contribution in [2.45, 2.75) is 32.1 Å². The van der Waals surface area contributed by atoms with E-state index in [1.807, 2.05) is 0 Å². The maximum absolute atomic E-state index is 13.1. The molecule has 0 aromatic rings. The van der Waals surface area contributed by atoms with Crippen LogP contribution in [0.15, 0.2) is 0 Å². The van der Waals surface area contributed by atoms with Gasteiger partial charge in [0.1, 0.15) is 0 Å². The number of hydrogen-bond donors (Lipinski definition) is 1. The van der Waals surface area contributed by atoms with Crippen LogP contribution in [0.2, 0.25) is 0 Å². The molecule has 0 saturated carbocycles. The smallest absolute Gasteiger partial charge is 0.272 e. The van der Waals surface area contributed by atoms with Crippen molar-refractivity contribution in [1.82, 2.24) is 10.2 Å². The van der Waals surface area contributed by atoms with Crippen LogP contribution < -0.4 is 5.32 Å². The van der Waals surface area contributed by atoms with Crippen LogP contribution in [0.4, 0.5) is 8.78 Å². The second-order valence-corrected chi connectivity index (χ2v) is 3.83. The molecule has 0 aliphatic rings. The maximum Gasteiger partial charge on any atom is 0.272 e. The van der Waals surface area contributed by atoms with Gasteiger partial charge in [0.25, 0.3) is 5.92 Å². The second-order valence-electron chi connectivity index (χ2n) is 3.83. The molecule has 0 aromatic carbocycles. The standard InChI is InChI=1S/C10H22F2N2/c1-4-5-6-7-14(3)9-10(11,12)8-13-2/h13H,4-9H2,1-3H3. The lowest BCUT2D eigenvalue weighted by Gasteiger charge is -2.23. The lowest BCUT2D eigenvalue weighted by molar-refractivity contribution is -0.0235. The third kappa shape index (κ3) is 7.21. The molecule has 0 aromatic heterocycles. The highest BCUT2D eigenvalue weighted by Crippen LogP contribution is 2.13. The number of nitrogens with zero attached hydrogens (tertiary/aromatic N) is 1. The van der Waals surface area contributed by atoms with Crippen molar-refractivity contribution in [3.8, 4) is 0 Å². The van der Waals surface area contributed by atoms with E-state index >= 15 is 0 Å². The minimum atomic E-state index is -2.62. The number of halogens is 2. The molecule has 0 aliphatic carbocycles. The van der Waals surface area contributed by atoms with Gasteiger partial charge in [0, 0.05) is 0 Å². The molecule has 0 heterocycles. The minimum Gasteiger partial charge on any atom is -0.314 e. The summed E-state index contributed by atoms with van der Waals surface area (Å²) in [7, 11) is 3.30. The molecule has 0 aliphatic heterocycles. The quantitative estimate of drug-likeness (QED) is 0.613. The van der Waals surface area contributed by atoms with E-state index in [1.54, 1.807) is 19.0 Å². The van der Waals surface area contributed by atoms with E-state index in [0.29, 0.717) is 0 Å². The van der Waals surface area contributed by atoms with Crippen molar-refractivity contribution in [1.29, 1.82) is 0 Å². The van der Waals surface area contributed by atoms with E-state index in [1.165, 1.54) is 0 Å². The van der Waals surface area contributed by atoms with Gasteiger partial charge in [0.15, 0.2) is 0 Å². The molecule has 1 N–H and O–H groups in total. The number of unbranched alkanes of at least 4 members (excludes halogenated alkanes) is 2. The topological polar surface area (TPSA) is 15.3 Å². The Hall–Kier alpha value is -0.220. The number of hydrogen-bond acceptors (Lipinski definition) is 2. The molecule has 0 bridgehead atoms. The fourth-order valence-electron chi connectivity index (χ4n) is 1.42. The summed E-state index contributed by atoms with van der Waals surface area (Å²) in [6, 6.07) is 0. The average molecular weight is 208 g/mol. The van der Waals surface area contributed by atoms with Crippen molar-refractivity contribution >= 4 is 0 Å². The third-order valence-corrected chi connectivity index (χ3v) is 2.08. The zero-order chi connectivity index (χ0) is 11.0. The van der Waals surface area contributed by atoms with Gasteiger partial charge in [-0.2, -0.15) is 0 Å². The molecule has 4 heteroatoms. The van der Waals surface area contributed by atoms with Crippen LogP contribution in [0.5, 0.6) is 0 Å². The molecule has 0 rings (SSSR count). The third-order valence-electron chi connectivity index (χ3n) is 2.08. The van der Waals surface area contributed by atoms with Gasteiger partial charge in [-0.1, -0.05) is 19.8 Å². The molecule has 0 spiro atoms. The summed E-state index contributed by atoms with van der Waals surface area (Å²) in [4.78, 5) is 1.70. The van der Waals surface area contributed by atoms with Crippen LogP contribution in [0, 0.1) is 0 Å². The molecule has 0 radical (unpaired) electrons. The molecule has 0 saturated heterocycles. The van der Waals surface area contributed by atoms with Crippen LogP contribution in [-0.2, 0) is 0 Å². The van der Waals surface area contributed by atoms with Gasteiger partial charge >= 0.3 is 0 Å². The summed E-state index contributed by atoms with van der Waals surface area (Å²) in [5.74, 6) is -2.62. The number of alkyl halides is 2. The van der Waals surface area contributed by atoms with Gasteiger partial charge in [-0.05, 0) is 27.1 Å². The predicted octanol–water partition coefficient (Wildman–Crippen LogP) is 1.96. The van der Waals surface area contributed by atoms with Crippen molar-refractivity contribution in [2.24, 2.45) is 0 Å². The molecule has 0 amide bonds. The fraction of sp³-hybridized carbons (Fsp3) is 1.00. The first kappa shape index (κ1) is 13.8. The first-order valence-electron chi connectivity index (χ1n) is 5.23. The highest BCUT2D eigenvalue weighted by atomic mass is 19.3. The van der Waals surface area contributed by atoms with E-state index in [2.05, 4.69) is 12.2 Å². The first-order chi connectivity index (χ1) is 6.52. The van der Waals surface area contributed by atoms with Crippen LogP contribution in [0.1, 0.15) is 26.2 Å². The summed E-state index contributed by atoms with van der Waals surface area (Å²) in [5, 5.41) is 2.50. The van der Waals surface area contributed by atoms with Gasteiger partial charge in [0.05, 0.1) is 13.1 Å². The summed E-state index contributed by atoms with van der Waals surface area (Å²) in [6.07, 6.45) is 3.24. The Balaban J connectivity index is 3.63. The minimum absolute atomic E-state index is 0.155. The van der Waals surface area contributed by atoms with Crippen LogP contribution in [0.25, 0.3) is 0 Å². The Kier molecular flexibility index (Phi) is 7.01. The number of rotatable bonds is 8. The van der Waals surface area contributed by atoms with Crippen molar-refractivity contribution in [3.63, 3.8) is 0 Å². The highest BCUT2D eigenvalue weighted by Gasteiger charge is 2.29. The zero-order valence-electron chi connectivity index (χ0n) is 9.45. The van der Waals surface area contributed by atoms with Crippen LogP contribution in [0.3, 0.4) is 0 Å². The highest BCUT2D eigenvalue weighted by molar-refractivity contribution is 4.72. The average Bonchev–Trinajstić information content (AvgIpc) is 2.03. The zero-order valence-corrected chi connectivity index (χ0v) is 9.45. The summed E-state index contributed by atoms with van der Waals surface area (Å²) >= 11 is 0. The SMILES string of the molecule is CCCCCN(C)CC(F)(F)CNC. The summed E-state index contributed by atoms with van der Waals surface area (Å²) < 4.78 is 26.2. The Morgan fingerprint density at radius 2 is 1.93 bits per heavy atom. The van der Waals surface area contributed by atoms with Crippen LogP contribution >= 0.6 is 0 Å². The Bertz CT molecular complexity index is 140. The predicted molar refractivity (Wildman–Crippen MR) is 55.9 cm³/mol. The Morgan fingerprint density at radius 1 is 1.29 bits per heavy atom. The molecular formula is C10H22F2N2. The van der Waals surface area contributed by atoms with Gasteiger partial charge < -0.3 is 10.2 Å². The van der Waals surface area contributed by atoms with E-state index in [4.69, 9.17) is 0 Å². The monoisotopic (exact) mass is 208 g/mol. The normalized spacial score (nSPS) is 12.4. The molecule has 86 valence electrons. The molecule has 14 heavy (non-hydrogen) atoms. The van der Waals surface area contributed by atoms with Crippen molar-refractivity contribution in [2.75, 3.05) is 33.7 Å². The van der Waals surface area contributed by atoms with Crippen LogP contribution in [-0.4, -0.2) is 44.6 Å². The van der Waals surface area contributed by atoms with E-state index in [0.717, 1.165) is 25.8 Å². The van der Waals surface area contributed by atoms with E-state index in [9.17, 15) is 8.78 Å². The van der Waals surface area contributed by atoms with Gasteiger partial charge in [-0.25, -0.2) is 8.78 Å². The lowest BCUT2D eigenvalue weighted by atomic mass is 10.2. The second kappa shape index (κ2) is 7.12. The largest absolute Gasteiger partial charge is 0.314 e. The molecule has 0 atom stereocenters. The van der Waals surface area contributed by atoms with Crippen molar-refractivity contribution < 1.29 is 8.78 Å². The lowest BCUT2D eigenvalue weighted by Crippen LogP contribution is -2.41. The number of nitrogens with one attached hydrogen (secondary N) is 1. The maximum atomic E-state index is 13.1. The molecule has 0 fully saturated rings. The Labute approximate surface area is 85.7 Å². The summed E-state index contributed by atoms with van der Waals surface area (Å²) in [5.41, 5.74) is 0. The first-order valence-corrected chi connectivity index (χ1v) is 5.23. The van der Waals surface area contributed by atoms with Gasteiger partial charge in [-0.15, -0.1) is 0 Å². The van der Waals surface area contributed by atoms with E-state index in [-0.39, 0.29) is 13.1 Å². The summed E-state index contributed by atoms with van der Waals surface area (Å²) in [6.45, 7) is 2.46. The van der Waals surface area contributed by atoms with E-state index < -0.39 is 5.92 Å². The Morgan fingerprint density at radius 3 is 2.43 bits per heavy atom. The van der Waals surface area contributed by atoms with Crippen molar-refractivity contribution in [3.05, 3.63) is 0 Å². The molecule has 0 unspecified atom stereocenters. The van der Waals surface area contributed by atoms with Gasteiger partial charge in [0.2, 0.25) is 0 Å². The fourth-order valence-corrected chi connectivity index (χ4v) is 1.42. The molecular weight excluding hydrogens is 186 g/mol.